The zero-order valence-electron chi connectivity index (χ0n) is 17.5. The Labute approximate surface area is 183 Å². The van der Waals surface area contributed by atoms with Gasteiger partial charge in [-0.05, 0) is 48.0 Å². The molecule has 4 rings (SSSR count). The quantitative estimate of drug-likeness (QED) is 0.344. The highest BCUT2D eigenvalue weighted by Crippen LogP contribution is 2.27. The molecule has 0 unspecified atom stereocenters. The molecule has 0 saturated carbocycles. The fourth-order valence-electron chi connectivity index (χ4n) is 3.15. The predicted molar refractivity (Wildman–Crippen MR) is 120 cm³/mol. The first-order valence-electron chi connectivity index (χ1n) is 9.73. The van der Waals surface area contributed by atoms with Crippen molar-refractivity contribution in [2.75, 3.05) is 14.2 Å². The third kappa shape index (κ3) is 4.34. The van der Waals surface area contributed by atoms with Gasteiger partial charge in [-0.1, -0.05) is 18.2 Å². The lowest BCUT2D eigenvalue weighted by molar-refractivity contribution is 0.0931. The van der Waals surface area contributed by atoms with Crippen molar-refractivity contribution in [3.8, 4) is 11.5 Å². The van der Waals surface area contributed by atoms with E-state index in [0.717, 1.165) is 5.52 Å². The van der Waals surface area contributed by atoms with Gasteiger partial charge in [0.05, 0.1) is 31.0 Å². The van der Waals surface area contributed by atoms with Gasteiger partial charge in [0.1, 0.15) is 0 Å². The van der Waals surface area contributed by atoms with Crippen LogP contribution < -0.4 is 14.8 Å². The fourth-order valence-corrected chi connectivity index (χ4v) is 3.15. The van der Waals surface area contributed by atoms with Gasteiger partial charge in [-0.3, -0.25) is 14.6 Å². The summed E-state index contributed by atoms with van der Waals surface area (Å²) in [6.45, 7) is 0. The number of hydrogen-bond donors (Lipinski definition) is 2. The second-order valence-corrected chi connectivity index (χ2v) is 6.80. The smallest absolute Gasteiger partial charge is 0.255 e. The van der Waals surface area contributed by atoms with Gasteiger partial charge < -0.3 is 19.8 Å². The van der Waals surface area contributed by atoms with Crippen LogP contribution in [-0.4, -0.2) is 40.9 Å². The van der Waals surface area contributed by atoms with Gasteiger partial charge in [0.25, 0.3) is 5.91 Å². The van der Waals surface area contributed by atoms with Gasteiger partial charge in [-0.2, -0.15) is 0 Å². The van der Waals surface area contributed by atoms with Crippen LogP contribution in [0, 0.1) is 0 Å². The number of ketones is 1. The number of nitrogens with zero attached hydrogens (tertiary/aromatic N) is 2. The molecule has 2 aromatic carbocycles. The first kappa shape index (κ1) is 20.8. The monoisotopic (exact) mass is 428 g/mol. The predicted octanol–water partition coefficient (Wildman–Crippen LogP) is 3.63. The number of allylic oxidation sites excluding steroid dienone is 1. The molecular formula is C24H20N4O4. The summed E-state index contributed by atoms with van der Waals surface area (Å²) in [4.78, 5) is 37.7. The SMILES string of the molecule is COc1ccc(C(=O)N/C(=C\c2cccnc2)C(=O)c2nc3ccccc3[nH]2)cc1OC. The maximum atomic E-state index is 13.3. The zero-order chi connectivity index (χ0) is 22.5. The van der Waals surface area contributed by atoms with E-state index < -0.39 is 11.7 Å². The number of hydrogen-bond acceptors (Lipinski definition) is 6. The number of fused-ring (bicyclic) bond motifs is 1. The summed E-state index contributed by atoms with van der Waals surface area (Å²) in [6, 6.07) is 15.6. The molecule has 0 aliphatic heterocycles. The first-order chi connectivity index (χ1) is 15.6. The molecule has 1 amide bonds. The minimum Gasteiger partial charge on any atom is -0.493 e. The molecule has 0 atom stereocenters. The number of Topliss-reactive ketones (excluding diaryl/α,β-unsaturated/α-hetero) is 1. The Morgan fingerprint density at radius 3 is 2.53 bits per heavy atom. The molecule has 0 aliphatic rings. The minimum atomic E-state index is -0.481. The number of imidazole rings is 1. The third-order valence-corrected chi connectivity index (χ3v) is 4.74. The molecule has 0 saturated heterocycles. The molecule has 2 N–H and O–H groups in total. The van der Waals surface area contributed by atoms with Crippen molar-refractivity contribution < 1.29 is 19.1 Å². The fraction of sp³-hybridized carbons (Fsp3) is 0.0833. The minimum absolute atomic E-state index is 0.0526. The van der Waals surface area contributed by atoms with Crippen LogP contribution in [0.1, 0.15) is 26.5 Å². The molecule has 0 aliphatic carbocycles. The van der Waals surface area contributed by atoms with Gasteiger partial charge in [-0.15, -0.1) is 0 Å². The topological polar surface area (TPSA) is 106 Å². The second kappa shape index (κ2) is 9.13. The molecule has 2 heterocycles. The Bertz CT molecular complexity index is 1280. The number of para-hydroxylation sites is 2. The molecule has 0 spiro atoms. The molecule has 32 heavy (non-hydrogen) atoms. The molecule has 4 aromatic rings. The van der Waals surface area contributed by atoms with E-state index in [1.807, 2.05) is 18.2 Å². The summed E-state index contributed by atoms with van der Waals surface area (Å²) >= 11 is 0. The Balaban J connectivity index is 1.69. The summed E-state index contributed by atoms with van der Waals surface area (Å²) < 4.78 is 10.5. The number of carbonyl (C=O) groups excluding carboxylic acids is 2. The molecule has 160 valence electrons. The summed E-state index contributed by atoms with van der Waals surface area (Å²) in [5.74, 6) is 0.0773. The van der Waals surface area contributed by atoms with Crippen LogP contribution in [0.3, 0.4) is 0 Å². The number of amides is 1. The average Bonchev–Trinajstić information content (AvgIpc) is 3.27. The van der Waals surface area contributed by atoms with E-state index in [4.69, 9.17) is 9.47 Å². The summed E-state index contributed by atoms with van der Waals surface area (Å²) in [6.07, 6.45) is 4.77. The van der Waals surface area contributed by atoms with E-state index in [1.54, 1.807) is 54.9 Å². The number of pyridine rings is 1. The first-order valence-corrected chi connectivity index (χ1v) is 9.73. The second-order valence-electron chi connectivity index (χ2n) is 6.80. The number of rotatable bonds is 7. The van der Waals surface area contributed by atoms with E-state index in [1.165, 1.54) is 14.2 Å². The lowest BCUT2D eigenvalue weighted by atomic mass is 10.1. The molecule has 2 aromatic heterocycles. The number of carbonyl (C=O) groups is 2. The highest BCUT2D eigenvalue weighted by atomic mass is 16.5. The van der Waals surface area contributed by atoms with E-state index in [9.17, 15) is 9.59 Å². The van der Waals surface area contributed by atoms with Crippen LogP contribution in [0.25, 0.3) is 17.1 Å². The van der Waals surface area contributed by atoms with Crippen LogP contribution in [0.2, 0.25) is 0 Å². The molecule has 8 nitrogen and oxygen atoms in total. The Morgan fingerprint density at radius 1 is 1.00 bits per heavy atom. The molecule has 0 fully saturated rings. The Hall–Kier alpha value is -4.46. The van der Waals surface area contributed by atoms with E-state index in [-0.39, 0.29) is 11.5 Å². The van der Waals surface area contributed by atoms with Crippen molar-refractivity contribution in [2.24, 2.45) is 0 Å². The number of methoxy groups -OCH3 is 2. The van der Waals surface area contributed by atoms with Crippen LogP contribution in [0.5, 0.6) is 11.5 Å². The van der Waals surface area contributed by atoms with Gasteiger partial charge in [0.15, 0.2) is 17.3 Å². The molecule has 0 radical (unpaired) electrons. The van der Waals surface area contributed by atoms with Crippen LogP contribution in [-0.2, 0) is 0 Å². The van der Waals surface area contributed by atoms with Crippen LogP contribution in [0.15, 0.2) is 72.7 Å². The van der Waals surface area contributed by atoms with Gasteiger partial charge in [-0.25, -0.2) is 4.98 Å². The van der Waals surface area contributed by atoms with Crippen LogP contribution in [0.4, 0.5) is 0 Å². The zero-order valence-corrected chi connectivity index (χ0v) is 17.5. The van der Waals surface area contributed by atoms with Crippen molar-refractivity contribution in [2.45, 2.75) is 0 Å². The summed E-state index contributed by atoms with van der Waals surface area (Å²) in [5, 5.41) is 2.70. The Kier molecular flexibility index (Phi) is 5.94. The van der Waals surface area contributed by atoms with Gasteiger partial charge in [0, 0.05) is 18.0 Å². The number of aromatic amines is 1. The average molecular weight is 428 g/mol. The van der Waals surface area contributed by atoms with Gasteiger partial charge in [0.2, 0.25) is 5.78 Å². The normalized spacial score (nSPS) is 11.2. The maximum Gasteiger partial charge on any atom is 0.255 e. The van der Waals surface area contributed by atoms with E-state index >= 15 is 0 Å². The van der Waals surface area contributed by atoms with Crippen molar-refractivity contribution in [1.29, 1.82) is 0 Å². The number of benzene rings is 2. The molecule has 0 bridgehead atoms. The Morgan fingerprint density at radius 2 is 1.81 bits per heavy atom. The maximum absolute atomic E-state index is 13.3. The molecule has 8 heteroatoms. The number of H-pyrrole nitrogens is 1. The van der Waals surface area contributed by atoms with Crippen molar-refractivity contribution in [3.05, 3.63) is 89.6 Å². The number of aromatic nitrogens is 3. The van der Waals surface area contributed by atoms with Crippen molar-refractivity contribution in [1.82, 2.24) is 20.3 Å². The largest absolute Gasteiger partial charge is 0.493 e. The number of ether oxygens (including phenoxy) is 2. The highest BCUT2D eigenvalue weighted by molar-refractivity contribution is 6.13. The standard InChI is InChI=1S/C24H20N4O4/c1-31-20-10-9-16(13-21(20)32-2)24(30)28-19(12-15-6-5-11-25-14-15)22(29)23-26-17-7-3-4-8-18(17)27-23/h3-14H,1-2H3,(H,26,27)(H,28,30)/b19-12-. The van der Waals surface area contributed by atoms with Gasteiger partial charge >= 0.3 is 0 Å². The summed E-state index contributed by atoms with van der Waals surface area (Å²) in [5.41, 5.74) is 2.39. The highest BCUT2D eigenvalue weighted by Gasteiger charge is 2.20. The van der Waals surface area contributed by atoms with Crippen LogP contribution >= 0.6 is 0 Å². The third-order valence-electron chi connectivity index (χ3n) is 4.74. The van der Waals surface area contributed by atoms with Crippen molar-refractivity contribution >= 4 is 28.8 Å². The molecular weight excluding hydrogens is 408 g/mol. The lowest BCUT2D eigenvalue weighted by Crippen LogP contribution is -2.28. The van der Waals surface area contributed by atoms with Crippen molar-refractivity contribution in [3.63, 3.8) is 0 Å². The van der Waals surface area contributed by atoms with E-state index in [2.05, 4.69) is 20.3 Å². The number of nitrogens with one attached hydrogen (secondary N) is 2. The van der Waals surface area contributed by atoms with E-state index in [0.29, 0.717) is 28.1 Å². The lowest BCUT2D eigenvalue weighted by Gasteiger charge is -2.11. The summed E-state index contributed by atoms with van der Waals surface area (Å²) in [7, 11) is 3.00.